The quantitative estimate of drug-likeness (QED) is 0.503. The van der Waals surface area contributed by atoms with Crippen LogP contribution in [0.2, 0.25) is 0 Å². The van der Waals surface area contributed by atoms with Crippen LogP contribution in [-0.2, 0) is 11.2 Å². The van der Waals surface area contributed by atoms with Crippen LogP contribution in [0.3, 0.4) is 0 Å². The normalized spacial score (nSPS) is 10.9. The highest BCUT2D eigenvalue weighted by molar-refractivity contribution is 7.99. The summed E-state index contributed by atoms with van der Waals surface area (Å²) in [4.78, 5) is 16.8. The Kier molecular flexibility index (Phi) is 5.34. The lowest BCUT2D eigenvalue weighted by Gasteiger charge is -2.11. The molecule has 0 spiro atoms. The minimum atomic E-state index is -0.0975. The van der Waals surface area contributed by atoms with Crippen LogP contribution in [0, 0.1) is 0 Å². The third kappa shape index (κ3) is 3.75. The Labute approximate surface area is 167 Å². The number of nitrogens with zero attached hydrogens (tertiary/aromatic N) is 4. The summed E-state index contributed by atoms with van der Waals surface area (Å²) in [6.45, 7) is 2.11. The van der Waals surface area contributed by atoms with Crippen LogP contribution in [-0.4, -0.2) is 31.4 Å². The second-order valence-corrected chi connectivity index (χ2v) is 7.12. The van der Waals surface area contributed by atoms with Gasteiger partial charge in [-0.1, -0.05) is 43.0 Å². The van der Waals surface area contributed by atoms with Gasteiger partial charge in [0, 0.05) is 11.6 Å². The minimum absolute atomic E-state index is 0.0975. The van der Waals surface area contributed by atoms with Crippen LogP contribution >= 0.6 is 11.8 Å². The summed E-state index contributed by atoms with van der Waals surface area (Å²) >= 11 is 1.36. The van der Waals surface area contributed by atoms with E-state index in [2.05, 4.69) is 33.5 Å². The maximum Gasteiger partial charge on any atom is 0.234 e. The summed E-state index contributed by atoms with van der Waals surface area (Å²) in [6.07, 6.45) is 4.34. The lowest BCUT2D eigenvalue weighted by molar-refractivity contribution is -0.113. The average molecular weight is 389 g/mol. The standard InChI is InChI=1S/C21H19N5OS/c1-2-15-7-3-4-11-19(15)26-14-23-25-21(26)28-13-20(27)24-18-10-5-9-17-16(18)8-6-12-22-17/h3-12,14H,2,13H2,1H3,(H,24,27). The molecule has 4 rings (SSSR count). The zero-order valence-electron chi connectivity index (χ0n) is 15.4. The number of nitrogens with one attached hydrogen (secondary N) is 1. The molecule has 2 aromatic carbocycles. The fourth-order valence-corrected chi connectivity index (χ4v) is 3.78. The molecule has 0 radical (unpaired) electrons. The Morgan fingerprint density at radius 1 is 1.11 bits per heavy atom. The first-order valence-electron chi connectivity index (χ1n) is 9.01. The lowest BCUT2D eigenvalue weighted by atomic mass is 10.1. The Morgan fingerprint density at radius 2 is 2.00 bits per heavy atom. The second-order valence-electron chi connectivity index (χ2n) is 6.18. The average Bonchev–Trinajstić information content (AvgIpc) is 3.21. The monoisotopic (exact) mass is 389 g/mol. The van der Waals surface area contributed by atoms with Crippen molar-refractivity contribution in [3.63, 3.8) is 0 Å². The molecule has 7 heteroatoms. The molecule has 0 aliphatic carbocycles. The molecule has 0 bridgehead atoms. The number of anilines is 1. The summed E-state index contributed by atoms with van der Waals surface area (Å²) in [6, 6.07) is 17.6. The molecule has 1 amide bonds. The summed E-state index contributed by atoms with van der Waals surface area (Å²) < 4.78 is 1.93. The Hall–Kier alpha value is -3.19. The van der Waals surface area contributed by atoms with Crippen molar-refractivity contribution in [2.75, 3.05) is 11.1 Å². The fraction of sp³-hybridized carbons (Fsp3) is 0.143. The van der Waals surface area contributed by atoms with Gasteiger partial charge < -0.3 is 5.32 Å². The molecule has 0 atom stereocenters. The number of carbonyl (C=O) groups is 1. The molecule has 6 nitrogen and oxygen atoms in total. The number of aryl methyl sites for hydroxylation is 1. The fourth-order valence-electron chi connectivity index (χ4n) is 3.06. The molecule has 0 saturated carbocycles. The van der Waals surface area contributed by atoms with Crippen molar-refractivity contribution in [2.45, 2.75) is 18.5 Å². The van der Waals surface area contributed by atoms with Gasteiger partial charge >= 0.3 is 0 Å². The lowest BCUT2D eigenvalue weighted by Crippen LogP contribution is -2.15. The molecule has 2 heterocycles. The molecule has 0 fully saturated rings. The molecule has 28 heavy (non-hydrogen) atoms. The van der Waals surface area contributed by atoms with Crippen molar-refractivity contribution in [1.82, 2.24) is 19.7 Å². The summed E-state index contributed by atoms with van der Waals surface area (Å²) in [5, 5.41) is 12.8. The predicted octanol–water partition coefficient (Wildman–Crippen LogP) is 4.11. The van der Waals surface area contributed by atoms with Crippen molar-refractivity contribution >= 4 is 34.3 Å². The van der Waals surface area contributed by atoms with Crippen LogP contribution in [0.5, 0.6) is 0 Å². The summed E-state index contributed by atoms with van der Waals surface area (Å²) in [5.74, 6) is 0.142. The predicted molar refractivity (Wildman–Crippen MR) is 112 cm³/mol. The van der Waals surface area contributed by atoms with E-state index in [9.17, 15) is 4.79 Å². The van der Waals surface area contributed by atoms with Gasteiger partial charge in [-0.2, -0.15) is 0 Å². The first kappa shape index (κ1) is 18.2. The van der Waals surface area contributed by atoms with Crippen LogP contribution in [0.1, 0.15) is 12.5 Å². The number of pyridine rings is 1. The first-order chi connectivity index (χ1) is 13.8. The molecule has 0 aliphatic rings. The van der Waals surface area contributed by atoms with Crippen LogP contribution in [0.4, 0.5) is 5.69 Å². The van der Waals surface area contributed by atoms with Crippen LogP contribution in [0.25, 0.3) is 16.6 Å². The van der Waals surface area contributed by atoms with E-state index < -0.39 is 0 Å². The van der Waals surface area contributed by atoms with Gasteiger partial charge in [-0.15, -0.1) is 10.2 Å². The Balaban J connectivity index is 1.48. The van der Waals surface area contributed by atoms with Gasteiger partial charge in [-0.05, 0) is 42.3 Å². The SMILES string of the molecule is CCc1ccccc1-n1cnnc1SCC(=O)Nc1cccc2ncccc12. The molecule has 0 aliphatic heterocycles. The van der Waals surface area contributed by atoms with Crippen LogP contribution in [0.15, 0.2) is 72.3 Å². The minimum Gasteiger partial charge on any atom is -0.325 e. The number of para-hydroxylation sites is 1. The largest absolute Gasteiger partial charge is 0.325 e. The highest BCUT2D eigenvalue weighted by atomic mass is 32.2. The van der Waals surface area contributed by atoms with Gasteiger partial charge in [0.15, 0.2) is 5.16 Å². The van der Waals surface area contributed by atoms with Crippen molar-refractivity contribution in [1.29, 1.82) is 0 Å². The van der Waals surface area contributed by atoms with E-state index >= 15 is 0 Å². The zero-order valence-corrected chi connectivity index (χ0v) is 16.2. The maximum absolute atomic E-state index is 12.5. The topological polar surface area (TPSA) is 72.7 Å². The molecule has 0 unspecified atom stereocenters. The van der Waals surface area contributed by atoms with E-state index in [1.165, 1.54) is 17.3 Å². The molecular formula is C21H19N5OS. The number of hydrogen-bond acceptors (Lipinski definition) is 5. The zero-order chi connectivity index (χ0) is 19.3. The third-order valence-electron chi connectivity index (χ3n) is 4.40. The number of benzene rings is 2. The van der Waals surface area contributed by atoms with Crippen molar-refractivity contribution in [2.24, 2.45) is 0 Å². The van der Waals surface area contributed by atoms with Gasteiger partial charge in [0.25, 0.3) is 0 Å². The maximum atomic E-state index is 12.5. The molecule has 140 valence electrons. The number of rotatable bonds is 6. The highest BCUT2D eigenvalue weighted by Gasteiger charge is 2.13. The van der Waals surface area contributed by atoms with E-state index in [0.717, 1.165) is 28.7 Å². The van der Waals surface area contributed by atoms with Crippen molar-refractivity contribution < 1.29 is 4.79 Å². The smallest absolute Gasteiger partial charge is 0.234 e. The van der Waals surface area contributed by atoms with E-state index in [0.29, 0.717) is 5.16 Å². The number of aromatic nitrogens is 4. The van der Waals surface area contributed by atoms with Gasteiger partial charge in [-0.3, -0.25) is 14.3 Å². The van der Waals surface area contributed by atoms with E-state index in [1.807, 2.05) is 53.1 Å². The molecular weight excluding hydrogens is 370 g/mol. The van der Waals surface area contributed by atoms with E-state index in [1.54, 1.807) is 12.5 Å². The van der Waals surface area contributed by atoms with E-state index in [-0.39, 0.29) is 11.7 Å². The number of amides is 1. The summed E-state index contributed by atoms with van der Waals surface area (Å²) in [5.41, 5.74) is 3.85. The van der Waals surface area contributed by atoms with Gasteiger partial charge in [0.2, 0.25) is 5.91 Å². The molecule has 0 saturated heterocycles. The van der Waals surface area contributed by atoms with Crippen LogP contribution < -0.4 is 5.32 Å². The molecule has 2 aromatic heterocycles. The van der Waals surface area contributed by atoms with Crippen molar-refractivity contribution in [3.05, 3.63) is 72.7 Å². The third-order valence-corrected chi connectivity index (χ3v) is 5.34. The Bertz CT molecular complexity index is 1120. The number of carbonyl (C=O) groups excluding carboxylic acids is 1. The number of hydrogen-bond donors (Lipinski definition) is 1. The Morgan fingerprint density at radius 3 is 2.89 bits per heavy atom. The van der Waals surface area contributed by atoms with Gasteiger partial charge in [-0.25, -0.2) is 0 Å². The van der Waals surface area contributed by atoms with Gasteiger partial charge in [0.1, 0.15) is 6.33 Å². The molecule has 4 aromatic rings. The molecule has 1 N–H and O–H groups in total. The first-order valence-corrected chi connectivity index (χ1v) is 9.99. The van der Waals surface area contributed by atoms with Gasteiger partial charge in [0.05, 0.1) is 22.6 Å². The highest BCUT2D eigenvalue weighted by Crippen LogP contribution is 2.24. The second kappa shape index (κ2) is 8.22. The number of fused-ring (bicyclic) bond motifs is 1. The van der Waals surface area contributed by atoms with Crippen molar-refractivity contribution in [3.8, 4) is 5.69 Å². The number of thioether (sulfide) groups is 1. The van der Waals surface area contributed by atoms with E-state index in [4.69, 9.17) is 0 Å². The summed E-state index contributed by atoms with van der Waals surface area (Å²) in [7, 11) is 0.